The Balaban J connectivity index is 2.45. The van der Waals surface area contributed by atoms with Crippen LogP contribution in [-0.4, -0.2) is 19.3 Å². The molecular weight excluding hydrogens is 232 g/mol. The van der Waals surface area contributed by atoms with E-state index in [1.165, 1.54) is 12.5 Å². The second-order valence-corrected chi connectivity index (χ2v) is 4.15. The topological polar surface area (TPSA) is 51.8 Å². The van der Waals surface area contributed by atoms with Crippen molar-refractivity contribution in [2.45, 2.75) is 12.5 Å². The van der Waals surface area contributed by atoms with Crippen molar-refractivity contribution in [3.8, 4) is 11.5 Å². The van der Waals surface area contributed by atoms with Crippen LogP contribution in [0.1, 0.15) is 18.1 Å². The predicted octanol–water partition coefficient (Wildman–Crippen LogP) is 2.55. The van der Waals surface area contributed by atoms with Crippen LogP contribution in [0.25, 0.3) is 0 Å². The molecular formula is C14H16O4. The average Bonchev–Trinajstić information content (AvgIpc) is 2.92. The summed E-state index contributed by atoms with van der Waals surface area (Å²) in [5.74, 6) is 1.21. The van der Waals surface area contributed by atoms with Crippen molar-refractivity contribution in [3.05, 3.63) is 47.9 Å². The summed E-state index contributed by atoms with van der Waals surface area (Å²) in [7, 11) is 3.14. The Hall–Kier alpha value is -1.94. The molecule has 96 valence electrons. The molecule has 1 aromatic carbocycles. The van der Waals surface area contributed by atoms with Gasteiger partial charge in [0.25, 0.3) is 0 Å². The lowest BCUT2D eigenvalue weighted by Crippen LogP contribution is -2.22. The minimum absolute atomic E-state index is 0.582. The summed E-state index contributed by atoms with van der Waals surface area (Å²) >= 11 is 0. The first kappa shape index (κ1) is 12.5. The fraction of sp³-hybridized carbons (Fsp3) is 0.286. The van der Waals surface area contributed by atoms with E-state index in [2.05, 4.69) is 0 Å². The van der Waals surface area contributed by atoms with E-state index in [0.717, 1.165) is 0 Å². The van der Waals surface area contributed by atoms with E-state index < -0.39 is 5.60 Å². The standard InChI is InChI=1S/C14H16O4/c1-14(15,11-6-7-18-9-11)10-4-5-12(16-2)13(8-10)17-3/h4-9,15H,1-3H3. The molecule has 0 amide bonds. The Bertz CT molecular complexity index is 515. The van der Waals surface area contributed by atoms with Crippen LogP contribution < -0.4 is 9.47 Å². The summed E-state index contributed by atoms with van der Waals surface area (Å²) in [6.07, 6.45) is 3.06. The number of hydrogen-bond acceptors (Lipinski definition) is 4. The number of benzene rings is 1. The van der Waals surface area contributed by atoms with Crippen molar-refractivity contribution in [2.75, 3.05) is 14.2 Å². The van der Waals surface area contributed by atoms with E-state index in [1.807, 2.05) is 0 Å². The summed E-state index contributed by atoms with van der Waals surface area (Å²) in [5.41, 5.74) is 0.267. The third kappa shape index (κ3) is 2.07. The van der Waals surface area contributed by atoms with Gasteiger partial charge in [0.05, 0.1) is 26.7 Å². The monoisotopic (exact) mass is 248 g/mol. The van der Waals surface area contributed by atoms with Crippen molar-refractivity contribution < 1.29 is 19.0 Å². The molecule has 0 spiro atoms. The summed E-state index contributed by atoms with van der Waals surface area (Å²) in [6.45, 7) is 1.71. The molecule has 0 aliphatic rings. The maximum absolute atomic E-state index is 10.6. The highest BCUT2D eigenvalue weighted by Crippen LogP contribution is 2.35. The number of ether oxygens (including phenoxy) is 2. The van der Waals surface area contributed by atoms with Crippen LogP contribution in [0, 0.1) is 0 Å². The van der Waals surface area contributed by atoms with Crippen molar-refractivity contribution in [1.82, 2.24) is 0 Å². The van der Waals surface area contributed by atoms with Crippen molar-refractivity contribution >= 4 is 0 Å². The van der Waals surface area contributed by atoms with Gasteiger partial charge in [0, 0.05) is 5.56 Å². The Kier molecular flexibility index (Phi) is 3.30. The van der Waals surface area contributed by atoms with E-state index in [4.69, 9.17) is 13.9 Å². The molecule has 0 fully saturated rings. The van der Waals surface area contributed by atoms with Crippen LogP contribution >= 0.6 is 0 Å². The number of hydrogen-bond donors (Lipinski definition) is 1. The van der Waals surface area contributed by atoms with E-state index in [-0.39, 0.29) is 0 Å². The lowest BCUT2D eigenvalue weighted by atomic mass is 9.90. The van der Waals surface area contributed by atoms with Gasteiger partial charge in [-0.15, -0.1) is 0 Å². The SMILES string of the molecule is COc1ccc(C(C)(O)c2ccoc2)cc1OC. The third-order valence-corrected chi connectivity index (χ3v) is 3.03. The van der Waals surface area contributed by atoms with Crippen LogP contribution in [0.3, 0.4) is 0 Å². The number of methoxy groups -OCH3 is 2. The van der Waals surface area contributed by atoms with Gasteiger partial charge in [-0.2, -0.15) is 0 Å². The zero-order chi connectivity index (χ0) is 13.2. The first-order valence-electron chi connectivity index (χ1n) is 5.57. The van der Waals surface area contributed by atoms with Crippen molar-refractivity contribution in [3.63, 3.8) is 0 Å². The van der Waals surface area contributed by atoms with Crippen LogP contribution in [0.15, 0.2) is 41.2 Å². The molecule has 0 aliphatic carbocycles. The van der Waals surface area contributed by atoms with Gasteiger partial charge < -0.3 is 19.0 Å². The molecule has 1 N–H and O–H groups in total. The molecule has 0 radical (unpaired) electrons. The zero-order valence-corrected chi connectivity index (χ0v) is 10.6. The summed E-state index contributed by atoms with van der Waals surface area (Å²) in [5, 5.41) is 10.6. The highest BCUT2D eigenvalue weighted by atomic mass is 16.5. The van der Waals surface area contributed by atoms with Gasteiger partial charge in [-0.1, -0.05) is 6.07 Å². The fourth-order valence-electron chi connectivity index (χ4n) is 1.85. The van der Waals surface area contributed by atoms with E-state index >= 15 is 0 Å². The highest BCUT2D eigenvalue weighted by Gasteiger charge is 2.27. The minimum Gasteiger partial charge on any atom is -0.493 e. The Morgan fingerprint density at radius 3 is 2.33 bits per heavy atom. The van der Waals surface area contributed by atoms with Gasteiger partial charge in [0.1, 0.15) is 5.60 Å². The smallest absolute Gasteiger partial charge is 0.161 e. The molecule has 4 heteroatoms. The first-order valence-corrected chi connectivity index (χ1v) is 5.57. The summed E-state index contributed by atoms with van der Waals surface area (Å²) in [4.78, 5) is 0. The molecule has 1 unspecified atom stereocenters. The number of aliphatic hydroxyl groups is 1. The van der Waals surface area contributed by atoms with Gasteiger partial charge >= 0.3 is 0 Å². The van der Waals surface area contributed by atoms with Gasteiger partial charge in [0.15, 0.2) is 11.5 Å². The summed E-state index contributed by atoms with van der Waals surface area (Å²) < 4.78 is 15.4. The molecule has 1 aromatic heterocycles. The molecule has 0 saturated carbocycles. The molecule has 2 aromatic rings. The van der Waals surface area contributed by atoms with Crippen LogP contribution in [0.4, 0.5) is 0 Å². The highest BCUT2D eigenvalue weighted by molar-refractivity contribution is 5.46. The second kappa shape index (κ2) is 4.74. The second-order valence-electron chi connectivity index (χ2n) is 4.15. The maximum Gasteiger partial charge on any atom is 0.161 e. The Labute approximate surface area is 106 Å². The number of furan rings is 1. The molecule has 1 atom stereocenters. The quantitative estimate of drug-likeness (QED) is 0.903. The molecule has 0 saturated heterocycles. The van der Waals surface area contributed by atoms with Gasteiger partial charge in [-0.25, -0.2) is 0 Å². The summed E-state index contributed by atoms with van der Waals surface area (Å²) in [6, 6.07) is 7.06. The largest absolute Gasteiger partial charge is 0.493 e. The lowest BCUT2D eigenvalue weighted by Gasteiger charge is -2.23. The third-order valence-electron chi connectivity index (χ3n) is 3.03. The van der Waals surface area contributed by atoms with Crippen LogP contribution in [0.2, 0.25) is 0 Å². The average molecular weight is 248 g/mol. The Morgan fingerprint density at radius 1 is 1.06 bits per heavy atom. The van der Waals surface area contributed by atoms with E-state index in [9.17, 15) is 5.11 Å². The predicted molar refractivity (Wildman–Crippen MR) is 66.9 cm³/mol. The van der Waals surface area contributed by atoms with E-state index in [0.29, 0.717) is 22.6 Å². The molecule has 0 aliphatic heterocycles. The maximum atomic E-state index is 10.6. The van der Waals surface area contributed by atoms with Gasteiger partial charge in [0.2, 0.25) is 0 Å². The van der Waals surface area contributed by atoms with Crippen LogP contribution in [0.5, 0.6) is 11.5 Å². The molecule has 1 heterocycles. The molecule has 0 bridgehead atoms. The van der Waals surface area contributed by atoms with E-state index in [1.54, 1.807) is 45.4 Å². The molecule has 2 rings (SSSR count). The van der Waals surface area contributed by atoms with Crippen molar-refractivity contribution in [2.24, 2.45) is 0 Å². The Morgan fingerprint density at radius 2 is 1.78 bits per heavy atom. The fourth-order valence-corrected chi connectivity index (χ4v) is 1.85. The minimum atomic E-state index is -1.13. The molecule has 18 heavy (non-hydrogen) atoms. The van der Waals surface area contributed by atoms with Crippen molar-refractivity contribution in [1.29, 1.82) is 0 Å². The van der Waals surface area contributed by atoms with Gasteiger partial charge in [-0.05, 0) is 30.7 Å². The zero-order valence-electron chi connectivity index (χ0n) is 10.6. The lowest BCUT2D eigenvalue weighted by molar-refractivity contribution is 0.101. The number of rotatable bonds is 4. The molecule has 4 nitrogen and oxygen atoms in total. The van der Waals surface area contributed by atoms with Gasteiger partial charge in [-0.3, -0.25) is 0 Å². The normalized spacial score (nSPS) is 14.0. The van der Waals surface area contributed by atoms with Crippen LogP contribution in [-0.2, 0) is 5.60 Å². The first-order chi connectivity index (χ1) is 8.59.